The number of hydrogen-bond donors (Lipinski definition) is 0. The van der Waals surface area contributed by atoms with Crippen LogP contribution in [0.15, 0.2) is 0 Å². The number of halogens is 2. The molecule has 0 N–H and O–H groups in total. The molecular formula is C2H7BCl2O. The van der Waals surface area contributed by atoms with Crippen LogP contribution in [0.3, 0.4) is 0 Å². The Morgan fingerprint density at radius 1 is 1.50 bits per heavy atom. The van der Waals surface area contributed by atoms with E-state index in [2.05, 4.69) is 12.7 Å². The van der Waals surface area contributed by atoms with E-state index in [1.807, 2.05) is 6.92 Å². The molecule has 1 nitrogen and oxygen atoms in total. The van der Waals surface area contributed by atoms with Crippen molar-refractivity contribution < 1.29 is 4.65 Å². The first-order valence-corrected chi connectivity index (χ1v) is 1.23. The van der Waals surface area contributed by atoms with E-state index in [1.165, 1.54) is 0 Å². The smallest absolute Gasteiger partial charge is 0.282 e. The Bertz CT molecular complexity index is 13.5. The molecule has 0 rings (SSSR count). The van der Waals surface area contributed by atoms with Crippen LogP contribution in [0, 0.1) is 0 Å². The van der Waals surface area contributed by atoms with E-state index < -0.39 is 0 Å². The minimum absolute atomic E-state index is 0. The summed E-state index contributed by atoms with van der Waals surface area (Å²) >= 11 is 0. The molecule has 0 amide bonds. The minimum Gasteiger partial charge on any atom is -0.448 e. The summed E-state index contributed by atoms with van der Waals surface area (Å²) in [5.41, 5.74) is 0. The molecule has 0 heterocycles. The number of rotatable bonds is 1. The molecule has 0 aliphatic carbocycles. The Balaban J connectivity index is -0.0000000450. The zero-order valence-electron chi connectivity index (χ0n) is 3.51. The molecule has 0 spiro atoms. The zero-order chi connectivity index (χ0) is 3.41. The molecule has 0 unspecified atom stereocenters. The fourth-order valence-corrected chi connectivity index (χ4v) is 0. The van der Waals surface area contributed by atoms with Crippen LogP contribution in [0.25, 0.3) is 0 Å². The van der Waals surface area contributed by atoms with Crippen molar-refractivity contribution in [2.45, 2.75) is 6.92 Å². The van der Waals surface area contributed by atoms with Gasteiger partial charge in [0.25, 0.3) is 8.05 Å². The third-order valence-corrected chi connectivity index (χ3v) is 0.167. The Kier molecular flexibility index (Phi) is 46.6. The second-order valence-electron chi connectivity index (χ2n) is 0.455. The van der Waals surface area contributed by atoms with Gasteiger partial charge in [-0.2, -0.15) is 0 Å². The standard InChI is InChI=1S/C2H5BO.2ClH/c1-2-4-3;;/h2H2,1H3;2*1H. The maximum atomic E-state index is 4.53. The quantitative estimate of drug-likeness (QED) is 0.478. The van der Waals surface area contributed by atoms with Crippen LogP contribution >= 0.6 is 24.8 Å². The van der Waals surface area contributed by atoms with E-state index in [4.69, 9.17) is 0 Å². The summed E-state index contributed by atoms with van der Waals surface area (Å²) in [7, 11) is 4.53. The maximum absolute atomic E-state index is 4.53. The molecule has 0 aliphatic heterocycles. The summed E-state index contributed by atoms with van der Waals surface area (Å²) < 4.78 is 4.04. The third kappa shape index (κ3) is 23.2. The van der Waals surface area contributed by atoms with Gasteiger partial charge in [-0.15, -0.1) is 24.8 Å². The first-order valence-electron chi connectivity index (χ1n) is 1.23. The van der Waals surface area contributed by atoms with E-state index >= 15 is 0 Å². The molecule has 0 saturated carbocycles. The van der Waals surface area contributed by atoms with Crippen LogP contribution in [0.4, 0.5) is 0 Å². The largest absolute Gasteiger partial charge is 0.448 e. The maximum Gasteiger partial charge on any atom is 0.282 e. The molecule has 6 heavy (non-hydrogen) atoms. The topological polar surface area (TPSA) is 9.23 Å². The van der Waals surface area contributed by atoms with Crippen LogP contribution in [0.1, 0.15) is 6.92 Å². The van der Waals surface area contributed by atoms with Crippen LogP contribution in [0.5, 0.6) is 0 Å². The summed E-state index contributed by atoms with van der Waals surface area (Å²) in [4.78, 5) is 0. The summed E-state index contributed by atoms with van der Waals surface area (Å²) in [6.07, 6.45) is 0. The summed E-state index contributed by atoms with van der Waals surface area (Å²) in [6.45, 7) is 2.43. The van der Waals surface area contributed by atoms with Gasteiger partial charge in [-0.25, -0.2) is 0 Å². The fourth-order valence-electron chi connectivity index (χ4n) is 0. The van der Waals surface area contributed by atoms with E-state index in [0.717, 1.165) is 0 Å². The van der Waals surface area contributed by atoms with E-state index in [-0.39, 0.29) is 24.8 Å². The monoisotopic (exact) mass is 128 g/mol. The highest BCUT2D eigenvalue weighted by molar-refractivity contribution is 5.97. The van der Waals surface area contributed by atoms with Gasteiger partial charge in [0.15, 0.2) is 0 Å². The van der Waals surface area contributed by atoms with Gasteiger partial charge in [0.05, 0.1) is 0 Å². The van der Waals surface area contributed by atoms with Crippen LogP contribution in [0.2, 0.25) is 0 Å². The van der Waals surface area contributed by atoms with Crippen molar-refractivity contribution in [3.8, 4) is 0 Å². The van der Waals surface area contributed by atoms with Crippen molar-refractivity contribution in [3.63, 3.8) is 0 Å². The Hall–Kier alpha value is 0.605. The normalized spacial score (nSPS) is 4.83. The zero-order valence-corrected chi connectivity index (χ0v) is 5.14. The van der Waals surface area contributed by atoms with Gasteiger partial charge >= 0.3 is 0 Å². The highest BCUT2D eigenvalue weighted by atomic mass is 35.5. The second-order valence-corrected chi connectivity index (χ2v) is 0.455. The second kappa shape index (κ2) is 17.5. The van der Waals surface area contributed by atoms with E-state index in [0.29, 0.717) is 6.61 Å². The average molecular weight is 129 g/mol. The lowest BCUT2D eigenvalue weighted by Crippen LogP contribution is -1.76. The van der Waals surface area contributed by atoms with Gasteiger partial charge in [-0.3, -0.25) is 0 Å². The van der Waals surface area contributed by atoms with Crippen molar-refractivity contribution in [2.75, 3.05) is 6.61 Å². The Morgan fingerprint density at radius 3 is 1.67 bits per heavy atom. The van der Waals surface area contributed by atoms with Gasteiger partial charge in [-0.05, 0) is 6.92 Å². The fraction of sp³-hybridized carbons (Fsp3) is 1.00. The van der Waals surface area contributed by atoms with E-state index in [1.54, 1.807) is 0 Å². The van der Waals surface area contributed by atoms with Gasteiger partial charge in [0, 0.05) is 6.61 Å². The van der Waals surface area contributed by atoms with E-state index in [9.17, 15) is 0 Å². The molecule has 4 heteroatoms. The number of hydrogen-bond acceptors (Lipinski definition) is 1. The van der Waals surface area contributed by atoms with Crippen LogP contribution < -0.4 is 0 Å². The Labute approximate surface area is 51.7 Å². The lowest BCUT2D eigenvalue weighted by atomic mass is 10.6. The first kappa shape index (κ1) is 16.0. The van der Waals surface area contributed by atoms with Crippen molar-refractivity contribution >= 4 is 32.9 Å². The van der Waals surface area contributed by atoms with Gasteiger partial charge in [0.1, 0.15) is 0 Å². The van der Waals surface area contributed by atoms with Crippen molar-refractivity contribution in [1.82, 2.24) is 0 Å². The lowest BCUT2D eigenvalue weighted by Gasteiger charge is -1.76. The molecule has 38 valence electrons. The molecule has 0 atom stereocenters. The average Bonchev–Trinajstić information content (AvgIpc) is 1.37. The predicted molar refractivity (Wildman–Crippen MR) is 31.9 cm³/mol. The molecule has 0 aromatic carbocycles. The van der Waals surface area contributed by atoms with Crippen molar-refractivity contribution in [2.24, 2.45) is 0 Å². The first-order chi connectivity index (χ1) is 1.91. The van der Waals surface area contributed by atoms with Crippen molar-refractivity contribution in [3.05, 3.63) is 0 Å². The molecular weight excluding hydrogens is 122 g/mol. The SMILES string of the molecule is Cl.Cl.[B]OCC. The minimum atomic E-state index is 0. The molecule has 0 fully saturated rings. The molecule has 0 bridgehead atoms. The predicted octanol–water partition coefficient (Wildman–Crippen LogP) is 0.950. The summed E-state index contributed by atoms with van der Waals surface area (Å²) in [5.74, 6) is 0. The lowest BCUT2D eigenvalue weighted by molar-refractivity contribution is 0.375. The summed E-state index contributed by atoms with van der Waals surface area (Å²) in [5, 5.41) is 0. The molecule has 0 saturated heterocycles. The third-order valence-electron chi connectivity index (χ3n) is 0.167. The molecule has 2 radical (unpaired) electrons. The van der Waals surface area contributed by atoms with Crippen LogP contribution in [-0.2, 0) is 4.65 Å². The molecule has 0 aromatic heterocycles. The van der Waals surface area contributed by atoms with Crippen molar-refractivity contribution in [1.29, 1.82) is 0 Å². The highest BCUT2D eigenvalue weighted by Gasteiger charge is 1.52. The Morgan fingerprint density at radius 2 is 1.67 bits per heavy atom. The molecule has 0 aliphatic rings. The van der Waals surface area contributed by atoms with Gasteiger partial charge in [-0.1, -0.05) is 0 Å². The molecule has 0 aromatic rings. The van der Waals surface area contributed by atoms with Gasteiger partial charge in [0.2, 0.25) is 0 Å². The van der Waals surface area contributed by atoms with Crippen LogP contribution in [-0.4, -0.2) is 14.7 Å². The van der Waals surface area contributed by atoms with Gasteiger partial charge < -0.3 is 4.65 Å². The highest BCUT2D eigenvalue weighted by Crippen LogP contribution is 1.50. The summed E-state index contributed by atoms with van der Waals surface area (Å²) in [6, 6.07) is 0.